The topological polar surface area (TPSA) is 93.5 Å². The van der Waals surface area contributed by atoms with Crippen LogP contribution >= 0.6 is 23.4 Å². The first-order valence-electron chi connectivity index (χ1n) is 10.1. The molecule has 4 rings (SSSR count). The second-order valence-corrected chi connectivity index (χ2v) is 10.2. The van der Waals surface area contributed by atoms with Crippen LogP contribution in [0.2, 0.25) is 0 Å². The summed E-state index contributed by atoms with van der Waals surface area (Å²) in [6.07, 6.45) is 7.50. The molecule has 0 spiro atoms. The van der Waals surface area contributed by atoms with E-state index >= 15 is 0 Å². The molecule has 0 aromatic carbocycles. The van der Waals surface area contributed by atoms with Crippen molar-refractivity contribution in [3.05, 3.63) is 29.3 Å². The van der Waals surface area contributed by atoms with Gasteiger partial charge < -0.3 is 14.9 Å². The van der Waals surface area contributed by atoms with Gasteiger partial charge in [0.25, 0.3) is 5.24 Å². The van der Waals surface area contributed by atoms with E-state index in [1.807, 2.05) is 42.2 Å². The number of halogens is 1. The molecule has 0 bridgehead atoms. The average molecular weight is 453 g/mol. The Morgan fingerprint density at radius 1 is 1.53 bits per heavy atom. The van der Waals surface area contributed by atoms with Gasteiger partial charge in [-0.05, 0) is 24.9 Å². The first-order valence-corrected chi connectivity index (χ1v) is 11.4. The molecule has 0 unspecified atom stereocenters. The molecular formula is C20H27ClN5O3S+. The summed E-state index contributed by atoms with van der Waals surface area (Å²) in [6, 6.07) is -0.0302. The third-order valence-electron chi connectivity index (χ3n) is 6.42. The molecule has 8 nitrogen and oxygen atoms in total. The predicted molar refractivity (Wildman–Crippen MR) is 114 cm³/mol. The fourth-order valence-electron chi connectivity index (χ4n) is 5.01. The van der Waals surface area contributed by atoms with Crippen molar-refractivity contribution in [2.24, 2.45) is 18.9 Å². The standard InChI is InChI=1S/C20H27ClN5O3S/c1-11-16-15(12(2)27)20(29)26(16)17(19(21)28)18(11)30-14-6-13(25(8-14)9-22)7-24-5-4-23(3)10-24/h4-5,9-16,22,27H,6-8H2,1-3H3/q+1/t11-,12-,13+,14+,15-,16-/m1/s1. The molecule has 162 valence electrons. The molecule has 3 aliphatic rings. The lowest BCUT2D eigenvalue weighted by Gasteiger charge is -2.46. The van der Waals surface area contributed by atoms with Crippen molar-refractivity contribution in [2.45, 2.75) is 50.3 Å². The number of carbonyl (C=O) groups is 2. The summed E-state index contributed by atoms with van der Waals surface area (Å²) < 4.78 is 4.09. The summed E-state index contributed by atoms with van der Waals surface area (Å²) in [5, 5.41) is 17.4. The van der Waals surface area contributed by atoms with Gasteiger partial charge in [0, 0.05) is 22.6 Å². The van der Waals surface area contributed by atoms with E-state index in [-0.39, 0.29) is 34.9 Å². The number of β-lactam (4-membered cyclic amide) rings is 1. The van der Waals surface area contributed by atoms with Gasteiger partial charge in [-0.2, -0.15) is 0 Å². The van der Waals surface area contributed by atoms with Gasteiger partial charge in [0.15, 0.2) is 0 Å². The van der Waals surface area contributed by atoms with E-state index in [2.05, 4.69) is 4.57 Å². The number of aliphatic hydroxyl groups excluding tert-OH is 1. The van der Waals surface area contributed by atoms with Crippen molar-refractivity contribution < 1.29 is 19.3 Å². The number of hydrogen-bond acceptors (Lipinski definition) is 5. The fourth-order valence-corrected chi connectivity index (χ4v) is 6.84. The average Bonchev–Trinajstić information content (AvgIpc) is 3.32. The number of nitrogens with one attached hydrogen (secondary N) is 1. The van der Waals surface area contributed by atoms with Crippen LogP contribution in [-0.2, 0) is 23.2 Å². The Kier molecular flexibility index (Phi) is 5.71. The van der Waals surface area contributed by atoms with Gasteiger partial charge >= 0.3 is 0 Å². The minimum Gasteiger partial charge on any atom is -0.393 e. The number of aromatic nitrogens is 2. The zero-order valence-corrected chi connectivity index (χ0v) is 18.8. The van der Waals surface area contributed by atoms with Crippen LogP contribution in [0.3, 0.4) is 0 Å². The number of carbonyl (C=O) groups excluding carboxylic acids is 2. The lowest BCUT2D eigenvalue weighted by molar-refractivity contribution is -0.671. The molecule has 3 aliphatic heterocycles. The van der Waals surface area contributed by atoms with Gasteiger partial charge in [0.05, 0.1) is 37.5 Å². The van der Waals surface area contributed by atoms with Gasteiger partial charge in [0.2, 0.25) is 12.2 Å². The van der Waals surface area contributed by atoms with Crippen LogP contribution < -0.4 is 4.57 Å². The first-order chi connectivity index (χ1) is 14.2. The van der Waals surface area contributed by atoms with Gasteiger partial charge in [-0.1, -0.05) is 6.92 Å². The molecule has 6 atom stereocenters. The minimum atomic E-state index is -0.760. The molecular weight excluding hydrogens is 426 g/mol. The quantitative estimate of drug-likeness (QED) is 0.211. The monoisotopic (exact) mass is 452 g/mol. The third-order valence-corrected chi connectivity index (χ3v) is 8.09. The van der Waals surface area contributed by atoms with Crippen LogP contribution in [-0.4, -0.2) is 66.9 Å². The Hall–Kier alpha value is -1.84. The number of likely N-dealkylation sites (tertiary alicyclic amines) is 1. The van der Waals surface area contributed by atoms with Crippen LogP contribution in [0.4, 0.5) is 0 Å². The second kappa shape index (κ2) is 8.01. The van der Waals surface area contributed by atoms with E-state index < -0.39 is 17.3 Å². The zero-order chi connectivity index (χ0) is 21.7. The highest BCUT2D eigenvalue weighted by Gasteiger charge is 2.60. The largest absolute Gasteiger partial charge is 0.393 e. The number of fused-ring (bicyclic) bond motifs is 1. The third kappa shape index (κ3) is 3.46. The summed E-state index contributed by atoms with van der Waals surface area (Å²) in [7, 11) is 1.97. The van der Waals surface area contributed by atoms with E-state index in [1.165, 1.54) is 11.2 Å². The molecule has 1 aromatic rings. The molecule has 2 fully saturated rings. The second-order valence-electron chi connectivity index (χ2n) is 8.47. The normalized spacial score (nSPS) is 31.8. The molecule has 1 amide bonds. The summed E-state index contributed by atoms with van der Waals surface area (Å²) in [4.78, 5) is 29.1. The molecule has 10 heteroatoms. The number of amides is 1. The van der Waals surface area contributed by atoms with E-state index in [0.29, 0.717) is 6.54 Å². The Labute approximate surface area is 185 Å². The maximum atomic E-state index is 12.6. The van der Waals surface area contributed by atoms with Gasteiger partial charge in [-0.25, -0.2) is 9.13 Å². The highest BCUT2D eigenvalue weighted by Crippen LogP contribution is 2.52. The number of hydrogen-bond donors (Lipinski definition) is 2. The van der Waals surface area contributed by atoms with Crippen molar-refractivity contribution in [2.75, 3.05) is 6.54 Å². The lowest BCUT2D eigenvalue weighted by Crippen LogP contribution is -2.63. The summed E-state index contributed by atoms with van der Waals surface area (Å²) in [6.45, 7) is 5.09. The van der Waals surface area contributed by atoms with Crippen LogP contribution in [0, 0.1) is 17.2 Å². The fraction of sp³-hybridized carbons (Fsp3) is 0.600. The molecule has 0 aliphatic carbocycles. The Morgan fingerprint density at radius 2 is 2.27 bits per heavy atom. The maximum absolute atomic E-state index is 12.6. The van der Waals surface area contributed by atoms with Crippen molar-refractivity contribution in [3.8, 4) is 0 Å². The van der Waals surface area contributed by atoms with Crippen LogP contribution in [0.15, 0.2) is 29.3 Å². The van der Waals surface area contributed by atoms with E-state index in [1.54, 1.807) is 18.7 Å². The molecule has 2 saturated heterocycles. The smallest absolute Gasteiger partial charge is 0.269 e. The zero-order valence-electron chi connectivity index (χ0n) is 17.2. The van der Waals surface area contributed by atoms with E-state index in [4.69, 9.17) is 17.0 Å². The van der Waals surface area contributed by atoms with Gasteiger partial charge in [0.1, 0.15) is 24.6 Å². The van der Waals surface area contributed by atoms with Crippen molar-refractivity contribution >= 4 is 40.9 Å². The van der Waals surface area contributed by atoms with Crippen LogP contribution in [0.25, 0.3) is 0 Å². The number of aryl methyl sites for hydroxylation is 1. The molecule has 1 aromatic heterocycles. The number of imidazole rings is 1. The molecule has 0 radical (unpaired) electrons. The van der Waals surface area contributed by atoms with E-state index in [0.717, 1.165) is 17.9 Å². The van der Waals surface area contributed by atoms with Crippen molar-refractivity contribution in [1.29, 1.82) is 5.41 Å². The number of nitrogens with zero attached hydrogens (tertiary/aromatic N) is 4. The number of thioether (sulfide) groups is 1. The van der Waals surface area contributed by atoms with Crippen molar-refractivity contribution in [3.63, 3.8) is 0 Å². The summed E-state index contributed by atoms with van der Waals surface area (Å²) >= 11 is 7.49. The molecule has 2 N–H and O–H groups in total. The summed E-state index contributed by atoms with van der Waals surface area (Å²) in [5.41, 5.74) is 0.281. The van der Waals surface area contributed by atoms with Crippen LogP contribution in [0.1, 0.15) is 20.3 Å². The Bertz CT molecular complexity index is 916. The van der Waals surface area contributed by atoms with E-state index in [9.17, 15) is 14.7 Å². The van der Waals surface area contributed by atoms with Crippen molar-refractivity contribution in [1.82, 2.24) is 14.4 Å². The maximum Gasteiger partial charge on any atom is 0.269 e. The SMILES string of the molecule is C[C@@H](O)[C@H]1C(=O)N2C(C(=O)Cl)=C(S[C@H]3C[C@@H](Cn4cc[n+](C)c4)N(C=N)C3)[C@H](C)[C@H]12. The molecule has 0 saturated carbocycles. The Morgan fingerprint density at radius 3 is 2.83 bits per heavy atom. The number of allylic oxidation sites excluding steroid dienone is 1. The number of aliphatic hydroxyl groups is 1. The minimum absolute atomic E-state index is 0.0546. The summed E-state index contributed by atoms with van der Waals surface area (Å²) in [5.74, 6) is -0.777. The lowest BCUT2D eigenvalue weighted by atomic mass is 9.79. The first kappa shape index (κ1) is 21.4. The van der Waals surface area contributed by atoms with Crippen LogP contribution in [0.5, 0.6) is 0 Å². The molecule has 4 heterocycles. The highest BCUT2D eigenvalue weighted by atomic mass is 35.5. The van der Waals surface area contributed by atoms with Gasteiger partial charge in [-0.15, -0.1) is 11.8 Å². The van der Waals surface area contributed by atoms with Gasteiger partial charge in [-0.3, -0.25) is 15.0 Å². The number of rotatable bonds is 7. The predicted octanol–water partition coefficient (Wildman–Crippen LogP) is 0.930. The Balaban J connectivity index is 1.52. The highest BCUT2D eigenvalue weighted by molar-refractivity contribution is 8.03. The molecule has 30 heavy (non-hydrogen) atoms.